The van der Waals surface area contributed by atoms with Crippen LogP contribution < -0.4 is 5.73 Å². The molecule has 32 heavy (non-hydrogen) atoms. The van der Waals surface area contributed by atoms with Crippen LogP contribution in [0.4, 0.5) is 4.39 Å². The molecule has 3 rings (SSSR count). The Morgan fingerprint density at radius 2 is 2.06 bits per heavy atom. The molecule has 0 radical (unpaired) electrons. The Balaban J connectivity index is 1.59. The van der Waals surface area contributed by atoms with E-state index < -0.39 is 0 Å². The van der Waals surface area contributed by atoms with Gasteiger partial charge in [-0.3, -0.25) is 9.69 Å². The molecule has 0 aromatic heterocycles. The van der Waals surface area contributed by atoms with Crippen molar-refractivity contribution in [3.05, 3.63) is 58.9 Å². The van der Waals surface area contributed by atoms with Crippen molar-refractivity contribution in [2.24, 2.45) is 11.7 Å². The lowest BCUT2D eigenvalue weighted by Crippen LogP contribution is -2.50. The van der Waals surface area contributed by atoms with E-state index in [1.165, 1.54) is 12.1 Å². The van der Waals surface area contributed by atoms with Crippen molar-refractivity contribution < 1.29 is 19.0 Å². The highest BCUT2D eigenvalue weighted by atomic mass is 35.5. The maximum Gasteiger partial charge on any atom is 0.309 e. The second-order valence-corrected chi connectivity index (χ2v) is 8.86. The van der Waals surface area contributed by atoms with Gasteiger partial charge in [0, 0.05) is 29.2 Å². The summed E-state index contributed by atoms with van der Waals surface area (Å²) in [5.74, 6) is -0.803. The summed E-state index contributed by atoms with van der Waals surface area (Å²) < 4.78 is 19.4. The predicted molar refractivity (Wildman–Crippen MR) is 125 cm³/mol. The van der Waals surface area contributed by atoms with Gasteiger partial charge in [0.1, 0.15) is 5.82 Å². The molecule has 1 heterocycles. The lowest BCUT2D eigenvalue weighted by molar-refractivity contribution is -0.149. The molecule has 2 aromatic carbocycles. The first-order valence-electron chi connectivity index (χ1n) is 11.2. The summed E-state index contributed by atoms with van der Waals surface area (Å²) in [5, 5.41) is 9.85. The largest absolute Gasteiger partial charge is 0.466 e. The monoisotopic (exact) mass is 462 g/mol. The summed E-state index contributed by atoms with van der Waals surface area (Å²) >= 11 is 6.00. The number of carbonyl (C=O) groups excluding carboxylic acids is 1. The van der Waals surface area contributed by atoms with E-state index >= 15 is 0 Å². The maximum atomic E-state index is 14.1. The van der Waals surface area contributed by atoms with E-state index in [9.17, 15) is 14.3 Å². The highest BCUT2D eigenvalue weighted by Crippen LogP contribution is 2.27. The number of ether oxygens (including phenoxy) is 1. The lowest BCUT2D eigenvalue weighted by Gasteiger charge is -2.40. The van der Waals surface area contributed by atoms with Crippen LogP contribution in [-0.2, 0) is 16.0 Å². The lowest BCUT2D eigenvalue weighted by atomic mass is 9.91. The van der Waals surface area contributed by atoms with Crippen LogP contribution in [0, 0.1) is 11.7 Å². The van der Waals surface area contributed by atoms with E-state index in [4.69, 9.17) is 22.1 Å². The Labute approximate surface area is 194 Å². The molecule has 0 aliphatic carbocycles. The molecule has 3 N–H and O–H groups in total. The van der Waals surface area contributed by atoms with E-state index in [2.05, 4.69) is 4.90 Å². The Hall–Kier alpha value is -1.99. The molecule has 0 unspecified atom stereocenters. The maximum absolute atomic E-state index is 14.1. The second-order valence-electron chi connectivity index (χ2n) is 8.42. The predicted octanol–water partition coefficient (Wildman–Crippen LogP) is 4.04. The van der Waals surface area contributed by atoms with Gasteiger partial charge in [-0.25, -0.2) is 4.39 Å². The fraction of sp³-hybridized carbons (Fsp3) is 0.480. The standard InChI is InChI=1S/C25H32ClFN2O3/c1-2-32-25(31)19(9-11-29-12-10-22(29)16-30)14-21(28)13-17-3-5-18(6-4-17)23-15-20(26)7-8-24(23)27/h3-8,15,19,21-22,30H,2,9-14,16,28H2,1H3/t19-,21-,22+/m1/s1. The topological polar surface area (TPSA) is 75.8 Å². The zero-order valence-electron chi connectivity index (χ0n) is 18.5. The third-order valence-corrected chi connectivity index (χ3v) is 6.37. The summed E-state index contributed by atoms with van der Waals surface area (Å²) in [6.45, 7) is 4.00. The number of benzene rings is 2. The molecule has 1 fully saturated rings. The number of aliphatic hydroxyl groups is 1. The molecule has 7 heteroatoms. The van der Waals surface area contributed by atoms with Crippen molar-refractivity contribution in [1.82, 2.24) is 4.90 Å². The first kappa shape index (κ1) is 24.6. The molecular formula is C25H32ClFN2O3. The van der Waals surface area contributed by atoms with Crippen LogP contribution >= 0.6 is 11.6 Å². The molecule has 0 amide bonds. The summed E-state index contributed by atoms with van der Waals surface area (Å²) in [6.07, 6.45) is 2.80. The van der Waals surface area contributed by atoms with Crippen LogP contribution in [0.2, 0.25) is 5.02 Å². The van der Waals surface area contributed by atoms with E-state index in [1.807, 2.05) is 24.3 Å². The van der Waals surface area contributed by atoms with Gasteiger partial charge in [0.25, 0.3) is 0 Å². The normalized spacial score (nSPS) is 18.1. The van der Waals surface area contributed by atoms with E-state index in [0.717, 1.165) is 30.6 Å². The average molecular weight is 463 g/mol. The number of aliphatic hydroxyl groups excluding tert-OH is 1. The third-order valence-electron chi connectivity index (χ3n) is 6.14. The number of likely N-dealkylation sites (tertiary alicyclic amines) is 1. The van der Waals surface area contributed by atoms with Gasteiger partial charge in [0.05, 0.1) is 19.1 Å². The third kappa shape index (κ3) is 6.51. The minimum atomic E-state index is -0.318. The van der Waals surface area contributed by atoms with Crippen molar-refractivity contribution in [1.29, 1.82) is 0 Å². The Kier molecular flexibility index (Phi) is 9.05. The molecule has 174 valence electrons. The zero-order chi connectivity index (χ0) is 23.1. The zero-order valence-corrected chi connectivity index (χ0v) is 19.2. The highest BCUT2D eigenvalue weighted by molar-refractivity contribution is 6.30. The van der Waals surface area contributed by atoms with Crippen LogP contribution in [0.1, 0.15) is 31.7 Å². The fourth-order valence-electron chi connectivity index (χ4n) is 4.20. The summed E-state index contributed by atoms with van der Waals surface area (Å²) in [5.41, 5.74) is 8.63. The molecule has 1 aliphatic rings. The van der Waals surface area contributed by atoms with Crippen LogP contribution in [-0.4, -0.2) is 54.4 Å². The van der Waals surface area contributed by atoms with Crippen molar-refractivity contribution >= 4 is 17.6 Å². The van der Waals surface area contributed by atoms with Crippen LogP contribution in [0.5, 0.6) is 0 Å². The number of halogens is 2. The van der Waals surface area contributed by atoms with Crippen LogP contribution in [0.15, 0.2) is 42.5 Å². The Morgan fingerprint density at radius 3 is 2.69 bits per heavy atom. The van der Waals surface area contributed by atoms with Gasteiger partial charge in [0.15, 0.2) is 0 Å². The van der Waals surface area contributed by atoms with Crippen molar-refractivity contribution in [2.75, 3.05) is 26.3 Å². The molecule has 1 aliphatic heterocycles. The van der Waals surface area contributed by atoms with E-state index in [0.29, 0.717) is 36.5 Å². The van der Waals surface area contributed by atoms with Crippen LogP contribution in [0.25, 0.3) is 11.1 Å². The van der Waals surface area contributed by atoms with Gasteiger partial charge >= 0.3 is 5.97 Å². The Bertz CT molecular complexity index is 891. The van der Waals surface area contributed by atoms with Gasteiger partial charge in [-0.05, 0) is 68.5 Å². The fourth-order valence-corrected chi connectivity index (χ4v) is 4.37. The van der Waals surface area contributed by atoms with Gasteiger partial charge < -0.3 is 15.6 Å². The van der Waals surface area contributed by atoms with Gasteiger partial charge in [-0.1, -0.05) is 35.9 Å². The number of rotatable bonds is 11. The molecule has 3 atom stereocenters. The second kappa shape index (κ2) is 11.8. The molecule has 0 bridgehead atoms. The Morgan fingerprint density at radius 1 is 1.31 bits per heavy atom. The first-order valence-corrected chi connectivity index (χ1v) is 11.6. The number of nitrogens with two attached hydrogens (primary N) is 1. The van der Waals surface area contributed by atoms with Gasteiger partial charge in [0.2, 0.25) is 0 Å². The van der Waals surface area contributed by atoms with Gasteiger partial charge in [-0.2, -0.15) is 0 Å². The molecule has 2 aromatic rings. The number of esters is 1. The summed E-state index contributed by atoms with van der Waals surface area (Å²) in [6, 6.07) is 12.1. The number of hydrogen-bond acceptors (Lipinski definition) is 5. The molecule has 0 spiro atoms. The van der Waals surface area contributed by atoms with E-state index in [1.54, 1.807) is 13.0 Å². The van der Waals surface area contributed by atoms with Crippen molar-refractivity contribution in [2.45, 2.75) is 44.7 Å². The highest BCUT2D eigenvalue weighted by Gasteiger charge is 2.29. The number of hydrogen-bond donors (Lipinski definition) is 2. The summed E-state index contributed by atoms with van der Waals surface area (Å²) in [7, 11) is 0. The van der Waals surface area contributed by atoms with Crippen molar-refractivity contribution in [3.8, 4) is 11.1 Å². The molecule has 5 nitrogen and oxygen atoms in total. The SMILES string of the molecule is CCOC(=O)[C@H](CCN1CC[C@H]1CO)C[C@H](N)Cc1ccc(-c2cc(Cl)ccc2F)cc1. The number of nitrogens with zero attached hydrogens (tertiary/aromatic N) is 1. The minimum absolute atomic E-state index is 0.151. The van der Waals surface area contributed by atoms with Gasteiger partial charge in [-0.15, -0.1) is 0 Å². The molecular weight excluding hydrogens is 431 g/mol. The number of carbonyl (C=O) groups is 1. The van der Waals surface area contributed by atoms with Crippen LogP contribution in [0.3, 0.4) is 0 Å². The molecule has 1 saturated heterocycles. The minimum Gasteiger partial charge on any atom is -0.466 e. The smallest absolute Gasteiger partial charge is 0.309 e. The average Bonchev–Trinajstić information content (AvgIpc) is 2.75. The van der Waals surface area contributed by atoms with E-state index in [-0.39, 0.29) is 36.4 Å². The quantitative estimate of drug-likeness (QED) is 0.493. The molecule has 0 saturated carbocycles. The summed E-state index contributed by atoms with van der Waals surface area (Å²) in [4.78, 5) is 14.7. The first-order chi connectivity index (χ1) is 15.4. The van der Waals surface area contributed by atoms with Crippen molar-refractivity contribution in [3.63, 3.8) is 0 Å².